The van der Waals surface area contributed by atoms with Crippen LogP contribution in [-0.4, -0.2) is 29.4 Å². The molecule has 0 bridgehead atoms. The number of hydrogen-bond acceptors (Lipinski definition) is 1. The summed E-state index contributed by atoms with van der Waals surface area (Å²) >= 11 is 12.1. The van der Waals surface area contributed by atoms with Gasteiger partial charge in [-0.05, 0) is 13.3 Å². The zero-order chi connectivity index (χ0) is 15.8. The number of quaternary nitrogens is 1. The van der Waals surface area contributed by atoms with Crippen molar-refractivity contribution in [2.24, 2.45) is 5.41 Å². The van der Waals surface area contributed by atoms with Crippen LogP contribution in [0, 0.1) is 5.41 Å². The number of rotatable bonds is 4. The molecule has 1 heterocycles. The molecule has 1 saturated carbocycles. The summed E-state index contributed by atoms with van der Waals surface area (Å²) in [5.41, 5.74) is 0.768. The normalized spacial score (nSPS) is 33.2. The van der Waals surface area contributed by atoms with E-state index < -0.39 is 9.75 Å². The Morgan fingerprint density at radius 3 is 2.41 bits per heavy atom. The highest BCUT2D eigenvalue weighted by Gasteiger charge is 2.68. The Morgan fingerprint density at radius 1 is 1.27 bits per heavy atom. The third kappa shape index (κ3) is 3.27. The van der Waals surface area contributed by atoms with Gasteiger partial charge < -0.3 is 10.2 Å². The maximum Gasteiger partial charge on any atom is 0.229 e. The minimum absolute atomic E-state index is 0.00834. The summed E-state index contributed by atoms with van der Waals surface area (Å²) in [7, 11) is 0. The molecule has 0 unspecified atom stereocenters. The van der Waals surface area contributed by atoms with Crippen molar-refractivity contribution < 1.29 is 9.69 Å². The third-order valence-electron chi connectivity index (χ3n) is 5.08. The van der Waals surface area contributed by atoms with Crippen LogP contribution >= 0.6 is 23.2 Å². The number of likely N-dealkylation sites (tertiary alicyclic amines) is 1. The van der Waals surface area contributed by atoms with E-state index in [0.717, 1.165) is 32.5 Å². The lowest BCUT2D eigenvalue weighted by atomic mass is 10.0. The number of amides is 1. The molecule has 1 amide bonds. The second-order valence-electron chi connectivity index (χ2n) is 6.87. The molecule has 1 atom stereocenters. The van der Waals surface area contributed by atoms with E-state index in [1.807, 2.05) is 13.0 Å². The highest BCUT2D eigenvalue weighted by Crippen LogP contribution is 2.63. The van der Waals surface area contributed by atoms with Crippen LogP contribution in [0.25, 0.3) is 0 Å². The standard InChI is InChI=1S/C17H22Cl2N2O/c1-16(12-17(16,18)19)15(22)20-14-7-9-21(10-8-14)11-13-5-3-2-4-6-13/h2-6,14H,7-12H2,1H3,(H,20,22)/p+1/t16-/m0/s1. The Hall–Kier alpha value is -0.770. The Balaban J connectivity index is 1.45. The Bertz CT molecular complexity index is 541. The summed E-state index contributed by atoms with van der Waals surface area (Å²) in [6.45, 7) is 5.08. The second kappa shape index (κ2) is 6.03. The van der Waals surface area contributed by atoms with E-state index in [0.29, 0.717) is 6.42 Å². The van der Waals surface area contributed by atoms with E-state index in [9.17, 15) is 4.79 Å². The van der Waals surface area contributed by atoms with Crippen LogP contribution in [0.5, 0.6) is 0 Å². The molecule has 1 aliphatic carbocycles. The van der Waals surface area contributed by atoms with Crippen LogP contribution in [0.15, 0.2) is 30.3 Å². The summed E-state index contributed by atoms with van der Waals surface area (Å²) in [5.74, 6) is 0.00834. The maximum absolute atomic E-state index is 12.3. The molecule has 2 fully saturated rings. The topological polar surface area (TPSA) is 33.5 Å². The van der Waals surface area contributed by atoms with E-state index in [4.69, 9.17) is 23.2 Å². The first kappa shape index (κ1) is 16.1. The van der Waals surface area contributed by atoms with Gasteiger partial charge in [0, 0.05) is 24.4 Å². The minimum atomic E-state index is -0.879. The van der Waals surface area contributed by atoms with Crippen LogP contribution in [-0.2, 0) is 11.3 Å². The van der Waals surface area contributed by atoms with Gasteiger partial charge in [0.2, 0.25) is 5.91 Å². The highest BCUT2D eigenvalue weighted by atomic mass is 35.5. The van der Waals surface area contributed by atoms with Gasteiger partial charge in [-0.2, -0.15) is 0 Å². The number of benzene rings is 1. The summed E-state index contributed by atoms with van der Waals surface area (Å²) in [4.78, 5) is 13.9. The molecular formula is C17H23Cl2N2O+. The number of halogens is 2. The Labute approximate surface area is 142 Å². The van der Waals surface area contributed by atoms with Crippen molar-refractivity contribution >= 4 is 29.1 Å². The van der Waals surface area contributed by atoms with Crippen molar-refractivity contribution in [3.8, 4) is 0 Å². The predicted molar refractivity (Wildman–Crippen MR) is 89.2 cm³/mol. The first-order chi connectivity index (χ1) is 10.4. The summed E-state index contributed by atoms with van der Waals surface area (Å²) < 4.78 is -0.879. The van der Waals surface area contributed by atoms with Crippen LogP contribution in [0.1, 0.15) is 31.7 Å². The molecule has 2 N–H and O–H groups in total. The largest absolute Gasteiger partial charge is 0.352 e. The van der Waals surface area contributed by atoms with E-state index >= 15 is 0 Å². The van der Waals surface area contributed by atoms with E-state index in [1.165, 1.54) is 5.56 Å². The summed E-state index contributed by atoms with van der Waals surface area (Å²) in [6.07, 6.45) is 2.58. The van der Waals surface area contributed by atoms with Crippen molar-refractivity contribution in [3.05, 3.63) is 35.9 Å². The molecule has 22 heavy (non-hydrogen) atoms. The lowest BCUT2D eigenvalue weighted by molar-refractivity contribution is -0.918. The van der Waals surface area contributed by atoms with Crippen molar-refractivity contribution in [1.82, 2.24) is 5.32 Å². The molecule has 120 valence electrons. The van der Waals surface area contributed by atoms with Crippen LogP contribution in [0.2, 0.25) is 0 Å². The predicted octanol–water partition coefficient (Wildman–Crippen LogP) is 1.93. The van der Waals surface area contributed by atoms with Crippen molar-refractivity contribution in [3.63, 3.8) is 0 Å². The average Bonchev–Trinajstić information content (AvgIpc) is 3.02. The van der Waals surface area contributed by atoms with Gasteiger partial charge in [0.15, 0.2) is 0 Å². The first-order valence-corrected chi connectivity index (χ1v) is 8.73. The van der Waals surface area contributed by atoms with E-state index in [2.05, 4.69) is 29.6 Å². The molecule has 1 saturated heterocycles. The first-order valence-electron chi connectivity index (χ1n) is 7.97. The van der Waals surface area contributed by atoms with E-state index in [-0.39, 0.29) is 11.9 Å². The van der Waals surface area contributed by atoms with E-state index in [1.54, 1.807) is 4.90 Å². The summed E-state index contributed by atoms with van der Waals surface area (Å²) in [6, 6.07) is 10.8. The van der Waals surface area contributed by atoms with Crippen molar-refractivity contribution in [1.29, 1.82) is 0 Å². The van der Waals surface area contributed by atoms with Gasteiger partial charge in [0.25, 0.3) is 0 Å². The minimum Gasteiger partial charge on any atom is -0.352 e. The van der Waals surface area contributed by atoms with Crippen LogP contribution in [0.3, 0.4) is 0 Å². The van der Waals surface area contributed by atoms with Gasteiger partial charge in [0.1, 0.15) is 10.9 Å². The highest BCUT2D eigenvalue weighted by molar-refractivity contribution is 6.53. The number of alkyl halides is 2. The number of carbonyl (C=O) groups is 1. The molecule has 1 aliphatic heterocycles. The number of piperidine rings is 1. The molecular weight excluding hydrogens is 319 g/mol. The zero-order valence-corrected chi connectivity index (χ0v) is 14.4. The Kier molecular flexibility index (Phi) is 4.41. The van der Waals surface area contributed by atoms with Gasteiger partial charge >= 0.3 is 0 Å². The van der Waals surface area contributed by atoms with Crippen LogP contribution in [0.4, 0.5) is 0 Å². The fraction of sp³-hybridized carbons (Fsp3) is 0.588. The fourth-order valence-corrected chi connectivity index (χ4v) is 3.93. The molecule has 2 aliphatic rings. The molecule has 5 heteroatoms. The zero-order valence-electron chi connectivity index (χ0n) is 12.9. The average molecular weight is 342 g/mol. The lowest BCUT2D eigenvalue weighted by Gasteiger charge is -2.30. The molecule has 3 rings (SSSR count). The van der Waals surface area contributed by atoms with Gasteiger partial charge in [-0.3, -0.25) is 4.79 Å². The maximum atomic E-state index is 12.3. The SMILES string of the molecule is C[C@@]1(C(=O)NC2CC[NH+](Cc3ccccc3)CC2)CC1(Cl)Cl. The monoisotopic (exact) mass is 341 g/mol. The van der Waals surface area contributed by atoms with Gasteiger partial charge in [-0.1, -0.05) is 30.3 Å². The molecule has 3 nitrogen and oxygen atoms in total. The fourth-order valence-electron chi connectivity index (χ4n) is 3.22. The van der Waals surface area contributed by atoms with Crippen molar-refractivity contribution in [2.45, 2.75) is 43.1 Å². The number of carbonyl (C=O) groups excluding carboxylic acids is 1. The van der Waals surface area contributed by atoms with Crippen LogP contribution < -0.4 is 10.2 Å². The molecule has 0 spiro atoms. The van der Waals surface area contributed by atoms with Gasteiger partial charge in [0.05, 0.1) is 18.5 Å². The quantitative estimate of drug-likeness (QED) is 0.806. The number of hydrogen-bond donors (Lipinski definition) is 2. The molecule has 1 aromatic carbocycles. The van der Waals surface area contributed by atoms with Crippen molar-refractivity contribution in [2.75, 3.05) is 13.1 Å². The smallest absolute Gasteiger partial charge is 0.229 e. The molecule has 1 aromatic rings. The molecule has 0 aromatic heterocycles. The molecule has 0 radical (unpaired) electrons. The lowest BCUT2D eigenvalue weighted by Crippen LogP contribution is -3.12. The second-order valence-corrected chi connectivity index (χ2v) is 8.36. The van der Waals surface area contributed by atoms with Gasteiger partial charge in [-0.15, -0.1) is 23.2 Å². The summed E-state index contributed by atoms with van der Waals surface area (Å²) in [5, 5.41) is 3.14. The Morgan fingerprint density at radius 2 is 1.86 bits per heavy atom. The third-order valence-corrected chi connectivity index (χ3v) is 6.19. The van der Waals surface area contributed by atoms with Gasteiger partial charge in [-0.25, -0.2) is 0 Å². The number of nitrogens with one attached hydrogen (secondary N) is 2.